The number of esters is 1. The van der Waals surface area contributed by atoms with E-state index < -0.39 is 41.6 Å². The Balaban J connectivity index is 0.917. The topological polar surface area (TPSA) is 279 Å². The highest BCUT2D eigenvalue weighted by Gasteiger charge is 2.29. The van der Waals surface area contributed by atoms with E-state index in [1.54, 1.807) is 70.3 Å². The van der Waals surface area contributed by atoms with Gasteiger partial charge in [-0.3, -0.25) is 69.1 Å². The third-order valence-corrected chi connectivity index (χ3v) is 16.5. The number of carbonyl (C=O) groups is 4. The predicted octanol–water partition coefficient (Wildman–Crippen LogP) is 9.91. The second kappa shape index (κ2) is 37.3. The molecule has 8 heterocycles. The van der Waals surface area contributed by atoms with E-state index >= 15 is 0 Å². The molecule has 0 bridgehead atoms. The first-order valence-corrected chi connectivity index (χ1v) is 33.9. The fourth-order valence-electron chi connectivity index (χ4n) is 11.9. The van der Waals surface area contributed by atoms with Crippen LogP contribution in [0.4, 0.5) is 4.79 Å². The van der Waals surface area contributed by atoms with Crippen molar-refractivity contribution < 1.29 is 38.9 Å². The number of nitrogens with one attached hydrogen (secondary N) is 3. The highest BCUT2D eigenvalue weighted by molar-refractivity contribution is 5.87. The Morgan fingerprint density at radius 3 is 0.922 bits per heavy atom. The van der Waals surface area contributed by atoms with E-state index in [1.165, 1.54) is 7.11 Å². The van der Waals surface area contributed by atoms with Gasteiger partial charge in [0.2, 0.25) is 11.8 Å². The molecule has 102 heavy (non-hydrogen) atoms. The molecular weight excluding hydrogens is 1290 g/mol. The van der Waals surface area contributed by atoms with Gasteiger partial charge in [0.05, 0.1) is 52.7 Å². The molecule has 0 radical (unpaired) electrons. The zero-order chi connectivity index (χ0) is 71.5. The van der Waals surface area contributed by atoms with Crippen LogP contribution in [0.5, 0.6) is 11.5 Å². The summed E-state index contributed by atoms with van der Waals surface area (Å²) in [6.45, 7) is 9.15. The Bertz CT molecular complexity index is 3870. The van der Waals surface area contributed by atoms with Crippen LogP contribution in [-0.2, 0) is 115 Å². The first-order valence-electron chi connectivity index (χ1n) is 33.9. The summed E-state index contributed by atoms with van der Waals surface area (Å²) in [7, 11) is 1.24. The van der Waals surface area contributed by atoms with Crippen LogP contribution in [0.15, 0.2) is 219 Å². The summed E-state index contributed by atoms with van der Waals surface area (Å²) in [5.74, 6) is -1.83. The second-order valence-corrected chi connectivity index (χ2v) is 26.0. The minimum absolute atomic E-state index is 0.0428. The number of nitrogens with zero attached hydrogens (tertiary/aromatic N) is 12. The fourth-order valence-corrected chi connectivity index (χ4v) is 11.9. The number of phenols is 2. The van der Waals surface area contributed by atoms with Crippen LogP contribution in [0.25, 0.3) is 0 Å². The molecule has 0 unspecified atom stereocenters. The number of benzene rings is 2. The minimum Gasteiger partial charge on any atom is -0.507 e. The van der Waals surface area contributed by atoms with E-state index in [1.807, 2.05) is 170 Å². The molecule has 0 fully saturated rings. The zero-order valence-electron chi connectivity index (χ0n) is 58.0. The van der Waals surface area contributed by atoms with Crippen LogP contribution < -0.4 is 16.0 Å². The van der Waals surface area contributed by atoms with Gasteiger partial charge >= 0.3 is 12.1 Å². The Morgan fingerprint density at radius 1 is 0.402 bits per heavy atom. The maximum atomic E-state index is 14.8. The van der Waals surface area contributed by atoms with Crippen molar-refractivity contribution >= 4 is 23.9 Å². The lowest BCUT2D eigenvalue weighted by Gasteiger charge is -2.27. The molecule has 23 heteroatoms. The lowest BCUT2D eigenvalue weighted by molar-refractivity contribution is -0.145. The van der Waals surface area contributed by atoms with Crippen LogP contribution in [0, 0.1) is 0 Å². The summed E-state index contributed by atoms with van der Waals surface area (Å²) in [4.78, 5) is 102. The second-order valence-electron chi connectivity index (χ2n) is 26.0. The first kappa shape index (κ1) is 73.5. The summed E-state index contributed by atoms with van der Waals surface area (Å²) in [5.41, 5.74) is 8.93. The summed E-state index contributed by atoms with van der Waals surface area (Å²) in [5, 5.41) is 33.6. The Labute approximate surface area is 595 Å². The highest BCUT2D eigenvalue weighted by Crippen LogP contribution is 2.32. The number of pyridine rings is 8. The van der Waals surface area contributed by atoms with Crippen molar-refractivity contribution in [1.29, 1.82) is 0 Å². The van der Waals surface area contributed by atoms with Crippen molar-refractivity contribution in [2.24, 2.45) is 0 Å². The molecule has 0 aliphatic heterocycles. The summed E-state index contributed by atoms with van der Waals surface area (Å²) < 4.78 is 11.1. The van der Waals surface area contributed by atoms with E-state index in [4.69, 9.17) is 9.47 Å². The van der Waals surface area contributed by atoms with Crippen molar-refractivity contribution in [3.63, 3.8) is 0 Å². The number of aromatic hydroxyl groups is 2. The van der Waals surface area contributed by atoms with E-state index in [0.29, 0.717) is 85.7 Å². The zero-order valence-corrected chi connectivity index (χ0v) is 58.0. The standard InChI is InChI=1S/C79H87N15O8/c1-79(2,3)102-78(100)90-71(43-57-39-59(45-91(49-63-21-5-13-30-80-63)50-64-22-6-14-31-81-64)74(96)60(40-57)46-92(51-65-23-7-15-32-82-65)52-66-24-8-16-33-83-66)76(98)88-38-29-73(95)89-72(77(99)101-4)44-58-41-61(47-93(53-67-25-9-17-34-84-67)54-68-26-10-18-35-85-68)75(97)62(42-58)48-94(55-69-27-11-19-36-86-69)56-70-28-12-20-37-87-70/h5-28,30-37,39-42,71-72,96-97H,29,38,43-56H2,1-4H3,(H,88,98)(H,89,95)(H,90,100)/t71-,72-/m0/s1. The van der Waals surface area contributed by atoms with Crippen molar-refractivity contribution in [3.05, 3.63) is 298 Å². The molecule has 0 saturated carbocycles. The molecule has 23 nitrogen and oxygen atoms in total. The van der Waals surface area contributed by atoms with Crippen LogP contribution in [0.2, 0.25) is 0 Å². The first-order chi connectivity index (χ1) is 49.5. The maximum Gasteiger partial charge on any atom is 0.408 e. The van der Waals surface area contributed by atoms with Gasteiger partial charge in [-0.15, -0.1) is 0 Å². The van der Waals surface area contributed by atoms with Crippen LogP contribution in [0.3, 0.4) is 0 Å². The number of carbonyl (C=O) groups excluding carboxylic acids is 4. The normalized spacial score (nSPS) is 12.1. The number of phenolic OH excluding ortho intramolecular Hbond substituents is 2. The number of methoxy groups -OCH3 is 1. The number of alkyl carbamates (subject to hydrolysis) is 1. The number of ether oxygens (including phenoxy) is 2. The molecule has 5 N–H and O–H groups in total. The molecule has 10 aromatic rings. The quantitative estimate of drug-likeness (QED) is 0.0231. The predicted molar refractivity (Wildman–Crippen MR) is 384 cm³/mol. The number of amides is 3. The van der Waals surface area contributed by atoms with Gasteiger partial charge in [-0.05, 0) is 129 Å². The third kappa shape index (κ3) is 23.7. The van der Waals surface area contributed by atoms with Gasteiger partial charge < -0.3 is 35.6 Å². The van der Waals surface area contributed by atoms with Gasteiger partial charge in [0.1, 0.15) is 29.2 Å². The van der Waals surface area contributed by atoms with Crippen LogP contribution in [-0.4, -0.2) is 125 Å². The Morgan fingerprint density at radius 2 is 0.676 bits per heavy atom. The molecule has 0 aliphatic rings. The number of rotatable bonds is 35. The molecular formula is C79H87N15O8. The highest BCUT2D eigenvalue weighted by atomic mass is 16.6. The Kier molecular flexibility index (Phi) is 26.8. The van der Waals surface area contributed by atoms with Gasteiger partial charge in [-0.25, -0.2) is 9.59 Å². The third-order valence-electron chi connectivity index (χ3n) is 16.5. The van der Waals surface area contributed by atoms with Gasteiger partial charge in [-0.1, -0.05) is 72.8 Å². The van der Waals surface area contributed by atoms with Gasteiger partial charge in [0, 0.05) is 176 Å². The van der Waals surface area contributed by atoms with Gasteiger partial charge in [-0.2, -0.15) is 0 Å². The molecule has 0 saturated heterocycles. The fraction of sp³-hybridized carbons (Fsp3) is 0.291. The summed E-state index contributed by atoms with van der Waals surface area (Å²) >= 11 is 0. The molecule has 526 valence electrons. The lowest BCUT2D eigenvalue weighted by Crippen LogP contribution is -2.50. The molecule has 8 aromatic heterocycles. The molecule has 0 spiro atoms. The SMILES string of the molecule is COC(=O)[C@H](Cc1cc(CN(Cc2ccccn2)Cc2ccccn2)c(O)c(CN(Cc2ccccn2)Cc2ccccn2)c1)NC(=O)CCNC(=O)[C@H](Cc1cc(CN(Cc2ccccn2)Cc2ccccn2)c(O)c(CN(Cc2ccccn2)Cc2ccccn2)c1)NC(=O)OC(C)(C)C. The monoisotopic (exact) mass is 1370 g/mol. The maximum absolute atomic E-state index is 14.8. The largest absolute Gasteiger partial charge is 0.507 e. The summed E-state index contributed by atoms with van der Waals surface area (Å²) in [6, 6.07) is 50.6. The van der Waals surface area contributed by atoms with Gasteiger partial charge in [0.15, 0.2) is 0 Å². The molecule has 2 aromatic carbocycles. The molecule has 10 rings (SSSR count). The molecule has 3 amide bonds. The average Bonchev–Trinajstić information content (AvgIpc) is 0.815. The van der Waals surface area contributed by atoms with Crippen LogP contribution >= 0.6 is 0 Å². The van der Waals surface area contributed by atoms with E-state index in [2.05, 4.69) is 75.4 Å². The summed E-state index contributed by atoms with van der Waals surface area (Å²) in [6.07, 6.45) is 12.6. The smallest absolute Gasteiger partial charge is 0.408 e. The van der Waals surface area contributed by atoms with Crippen molar-refractivity contribution in [2.75, 3.05) is 13.7 Å². The molecule has 0 aliphatic carbocycles. The van der Waals surface area contributed by atoms with E-state index in [9.17, 15) is 29.4 Å². The van der Waals surface area contributed by atoms with Gasteiger partial charge in [0.25, 0.3) is 0 Å². The number of aromatic nitrogens is 8. The Hall–Kier alpha value is -11.2. The average molecular weight is 1370 g/mol. The van der Waals surface area contributed by atoms with Crippen molar-refractivity contribution in [3.8, 4) is 11.5 Å². The number of hydrogen-bond donors (Lipinski definition) is 5. The minimum atomic E-state index is -1.27. The number of hydrogen-bond acceptors (Lipinski definition) is 20. The lowest BCUT2D eigenvalue weighted by atomic mass is 9.97. The van der Waals surface area contributed by atoms with E-state index in [0.717, 1.165) is 45.6 Å². The van der Waals surface area contributed by atoms with E-state index in [-0.39, 0.29) is 63.5 Å². The van der Waals surface area contributed by atoms with Crippen LogP contribution in [0.1, 0.15) is 106 Å². The molecule has 2 atom stereocenters. The van der Waals surface area contributed by atoms with Crippen molar-refractivity contribution in [2.45, 2.75) is 136 Å². The van der Waals surface area contributed by atoms with Crippen molar-refractivity contribution in [1.82, 2.24) is 75.4 Å².